The molecule has 3 nitrogen and oxygen atoms in total. The molecule has 2 unspecified atom stereocenters. The Morgan fingerprint density at radius 2 is 2.26 bits per heavy atom. The van der Waals surface area contributed by atoms with Gasteiger partial charge in [-0.05, 0) is 30.9 Å². The summed E-state index contributed by atoms with van der Waals surface area (Å²) in [4.78, 5) is 14.7. The molecule has 4 heteroatoms. The van der Waals surface area contributed by atoms with Crippen LogP contribution in [0.5, 0.6) is 0 Å². The Hall–Kier alpha value is -1.000. The van der Waals surface area contributed by atoms with Crippen LogP contribution in [0, 0.1) is 6.92 Å². The summed E-state index contributed by atoms with van der Waals surface area (Å²) in [6.45, 7) is 3.04. The highest BCUT2D eigenvalue weighted by molar-refractivity contribution is 7.99. The van der Waals surface area contributed by atoms with Gasteiger partial charge in [-0.2, -0.15) is 0 Å². The van der Waals surface area contributed by atoms with Crippen LogP contribution in [-0.2, 0) is 4.79 Å². The molecular weight excluding hydrogens is 256 g/mol. The van der Waals surface area contributed by atoms with Crippen LogP contribution in [0.2, 0.25) is 0 Å². The summed E-state index contributed by atoms with van der Waals surface area (Å²) >= 11 is 1.81. The number of carbonyl (C=O) groups is 1. The van der Waals surface area contributed by atoms with Crippen molar-refractivity contribution >= 4 is 17.7 Å². The first-order chi connectivity index (χ1) is 9.27. The van der Waals surface area contributed by atoms with E-state index in [0.717, 1.165) is 31.0 Å². The number of amides is 1. The first kappa shape index (κ1) is 13.0. The fraction of sp³-hybridized carbons (Fsp3) is 0.533. The fourth-order valence-corrected chi connectivity index (χ4v) is 4.00. The second-order valence-electron chi connectivity index (χ2n) is 5.32. The largest absolute Gasteiger partial charge is 0.334 e. The van der Waals surface area contributed by atoms with E-state index in [9.17, 15) is 4.79 Å². The highest BCUT2D eigenvalue weighted by Gasteiger charge is 2.35. The number of nitrogens with one attached hydrogen (secondary N) is 1. The number of hydrogen-bond donors (Lipinski definition) is 1. The van der Waals surface area contributed by atoms with Crippen molar-refractivity contribution in [3.8, 4) is 0 Å². The molecule has 1 aromatic carbocycles. The van der Waals surface area contributed by atoms with E-state index in [-0.39, 0.29) is 18.0 Å². The molecule has 2 atom stereocenters. The maximum atomic E-state index is 12.6. The van der Waals surface area contributed by atoms with E-state index in [1.54, 1.807) is 0 Å². The molecule has 2 fully saturated rings. The number of aryl methyl sites for hydroxylation is 1. The van der Waals surface area contributed by atoms with Gasteiger partial charge in [0.15, 0.2) is 0 Å². The van der Waals surface area contributed by atoms with E-state index in [1.165, 1.54) is 11.1 Å². The molecule has 0 spiro atoms. The van der Waals surface area contributed by atoms with E-state index in [4.69, 9.17) is 0 Å². The van der Waals surface area contributed by atoms with E-state index in [2.05, 4.69) is 41.4 Å². The van der Waals surface area contributed by atoms with Gasteiger partial charge in [-0.3, -0.25) is 10.1 Å². The Morgan fingerprint density at radius 1 is 1.42 bits per heavy atom. The molecule has 0 radical (unpaired) electrons. The van der Waals surface area contributed by atoms with Crippen LogP contribution in [0.3, 0.4) is 0 Å². The molecule has 19 heavy (non-hydrogen) atoms. The van der Waals surface area contributed by atoms with Gasteiger partial charge in [0, 0.05) is 18.2 Å². The zero-order chi connectivity index (χ0) is 13.2. The Labute approximate surface area is 118 Å². The Kier molecular flexibility index (Phi) is 3.80. The fourth-order valence-electron chi connectivity index (χ4n) is 3.07. The summed E-state index contributed by atoms with van der Waals surface area (Å²) < 4.78 is 0. The first-order valence-corrected chi connectivity index (χ1v) is 8.10. The molecule has 1 aromatic rings. The molecule has 102 valence electrons. The first-order valence-electron chi connectivity index (χ1n) is 6.94. The van der Waals surface area contributed by atoms with Crippen molar-refractivity contribution in [2.45, 2.75) is 31.8 Å². The van der Waals surface area contributed by atoms with Crippen molar-refractivity contribution < 1.29 is 4.79 Å². The number of rotatable bonds is 2. The zero-order valence-electron chi connectivity index (χ0n) is 11.3. The number of thioether (sulfide) groups is 1. The molecule has 0 aliphatic carbocycles. The van der Waals surface area contributed by atoms with Crippen molar-refractivity contribution in [3.63, 3.8) is 0 Å². The lowest BCUT2D eigenvalue weighted by Gasteiger charge is -2.28. The quantitative estimate of drug-likeness (QED) is 0.900. The second kappa shape index (κ2) is 5.55. The maximum absolute atomic E-state index is 12.6. The van der Waals surface area contributed by atoms with E-state index in [1.807, 2.05) is 11.8 Å². The minimum atomic E-state index is 0.0228. The van der Waals surface area contributed by atoms with E-state index >= 15 is 0 Å². The molecule has 1 N–H and O–H groups in total. The molecule has 2 aliphatic rings. The number of likely N-dealkylation sites (tertiary alicyclic amines) is 1. The van der Waals surface area contributed by atoms with E-state index in [0.29, 0.717) is 0 Å². The lowest BCUT2D eigenvalue weighted by molar-refractivity contribution is -0.133. The summed E-state index contributed by atoms with van der Waals surface area (Å²) in [5.41, 5.74) is 2.61. The lowest BCUT2D eigenvalue weighted by Crippen LogP contribution is -2.44. The van der Waals surface area contributed by atoms with Gasteiger partial charge in [0.1, 0.15) is 0 Å². The summed E-state index contributed by atoms with van der Waals surface area (Å²) in [7, 11) is 0. The van der Waals surface area contributed by atoms with Crippen molar-refractivity contribution in [3.05, 3.63) is 35.4 Å². The molecule has 0 bridgehead atoms. The third-order valence-corrected chi connectivity index (χ3v) is 5.04. The molecule has 2 saturated heterocycles. The van der Waals surface area contributed by atoms with Crippen LogP contribution in [0.1, 0.15) is 30.0 Å². The van der Waals surface area contributed by atoms with Gasteiger partial charge < -0.3 is 4.90 Å². The van der Waals surface area contributed by atoms with Gasteiger partial charge in [-0.1, -0.05) is 24.3 Å². The number of benzene rings is 1. The Morgan fingerprint density at radius 3 is 3.00 bits per heavy atom. The van der Waals surface area contributed by atoms with Gasteiger partial charge in [-0.25, -0.2) is 0 Å². The van der Waals surface area contributed by atoms with Gasteiger partial charge in [0.25, 0.3) is 0 Å². The van der Waals surface area contributed by atoms with Crippen molar-refractivity contribution in [2.24, 2.45) is 0 Å². The number of hydrogen-bond acceptors (Lipinski definition) is 3. The molecule has 2 aliphatic heterocycles. The van der Waals surface area contributed by atoms with Crippen molar-refractivity contribution in [1.82, 2.24) is 10.2 Å². The summed E-state index contributed by atoms with van der Waals surface area (Å²) in [5.74, 6) is 2.10. The molecule has 1 amide bonds. The summed E-state index contributed by atoms with van der Waals surface area (Å²) in [5, 5.41) is 3.29. The standard InChI is InChI=1S/C15H20N2OS/c1-11-5-2-3-6-12(11)14-7-4-8-17(14)15(18)13-9-19-10-16-13/h2-3,5-6,13-14,16H,4,7-10H2,1H3. The number of nitrogens with zero attached hydrogens (tertiary/aromatic N) is 1. The van der Waals surface area contributed by atoms with Crippen LogP contribution in [0.4, 0.5) is 0 Å². The van der Waals surface area contributed by atoms with Gasteiger partial charge in [0.2, 0.25) is 5.91 Å². The Bertz CT molecular complexity index is 471. The maximum Gasteiger partial charge on any atom is 0.241 e. The smallest absolute Gasteiger partial charge is 0.241 e. The minimum absolute atomic E-state index is 0.0228. The third-order valence-electron chi connectivity index (χ3n) is 4.10. The summed E-state index contributed by atoms with van der Waals surface area (Å²) in [6.07, 6.45) is 2.21. The number of carbonyl (C=O) groups excluding carboxylic acids is 1. The second-order valence-corrected chi connectivity index (χ2v) is 6.35. The van der Waals surface area contributed by atoms with Crippen molar-refractivity contribution in [1.29, 1.82) is 0 Å². The molecule has 2 heterocycles. The average molecular weight is 276 g/mol. The van der Waals surface area contributed by atoms with Gasteiger partial charge in [-0.15, -0.1) is 11.8 Å². The molecule has 0 saturated carbocycles. The minimum Gasteiger partial charge on any atom is -0.334 e. The van der Waals surface area contributed by atoms with Crippen LogP contribution in [0.15, 0.2) is 24.3 Å². The molecule has 0 aromatic heterocycles. The highest BCUT2D eigenvalue weighted by atomic mass is 32.2. The predicted octanol–water partition coefficient (Wildman–Crippen LogP) is 2.32. The average Bonchev–Trinajstić information content (AvgIpc) is 3.10. The van der Waals surface area contributed by atoms with Crippen LogP contribution < -0.4 is 5.32 Å². The molecule has 3 rings (SSSR count). The van der Waals surface area contributed by atoms with Crippen molar-refractivity contribution in [2.75, 3.05) is 18.2 Å². The third kappa shape index (κ3) is 2.51. The SMILES string of the molecule is Cc1ccccc1C1CCCN1C(=O)C1CSCN1. The molecular formula is C15H20N2OS. The zero-order valence-corrected chi connectivity index (χ0v) is 12.1. The van der Waals surface area contributed by atoms with Crippen LogP contribution in [0.25, 0.3) is 0 Å². The van der Waals surface area contributed by atoms with Gasteiger partial charge in [0.05, 0.1) is 12.1 Å². The van der Waals surface area contributed by atoms with E-state index < -0.39 is 0 Å². The monoisotopic (exact) mass is 276 g/mol. The topological polar surface area (TPSA) is 32.3 Å². The predicted molar refractivity (Wildman–Crippen MR) is 79.1 cm³/mol. The Balaban J connectivity index is 1.81. The van der Waals surface area contributed by atoms with Gasteiger partial charge >= 0.3 is 0 Å². The lowest BCUT2D eigenvalue weighted by atomic mass is 9.99. The normalized spacial score (nSPS) is 26.9. The van der Waals surface area contributed by atoms with Crippen LogP contribution in [-0.4, -0.2) is 35.0 Å². The summed E-state index contributed by atoms with van der Waals surface area (Å²) in [6, 6.07) is 8.75. The highest BCUT2D eigenvalue weighted by Crippen LogP contribution is 2.34. The van der Waals surface area contributed by atoms with Crippen LogP contribution >= 0.6 is 11.8 Å².